The van der Waals surface area contributed by atoms with Gasteiger partial charge in [0.15, 0.2) is 0 Å². The summed E-state index contributed by atoms with van der Waals surface area (Å²) in [7, 11) is 0. The zero-order chi connectivity index (χ0) is 9.10. The van der Waals surface area contributed by atoms with E-state index in [0.29, 0.717) is 6.00 Å². The van der Waals surface area contributed by atoms with Crippen LogP contribution >= 0.6 is 11.6 Å². The lowest BCUT2D eigenvalue weighted by Gasteiger charge is -2.21. The van der Waals surface area contributed by atoms with E-state index in [9.17, 15) is 0 Å². The fourth-order valence-corrected chi connectivity index (χ4v) is 2.14. The molecular weight excluding hydrogens is 182 g/mol. The summed E-state index contributed by atoms with van der Waals surface area (Å²) in [6.07, 6.45) is 3.73. The van der Waals surface area contributed by atoms with E-state index >= 15 is 0 Å². The molecule has 1 aliphatic heterocycles. The molecule has 0 amide bonds. The molecular formula is C11H14ClN. The van der Waals surface area contributed by atoms with Crippen molar-refractivity contribution in [1.29, 1.82) is 0 Å². The molecule has 0 unspecified atom stereocenters. The summed E-state index contributed by atoms with van der Waals surface area (Å²) in [4.78, 5) is 2.25. The number of para-hydroxylation sites is 1. The molecule has 1 aromatic rings. The van der Waals surface area contributed by atoms with Crippen LogP contribution in [-0.2, 0) is 6.42 Å². The summed E-state index contributed by atoms with van der Waals surface area (Å²) < 4.78 is 0. The Hall–Kier alpha value is -0.690. The topological polar surface area (TPSA) is 3.24 Å². The zero-order valence-corrected chi connectivity index (χ0v) is 8.43. The zero-order valence-electron chi connectivity index (χ0n) is 7.67. The number of alkyl halides is 1. The third-order valence-electron chi connectivity index (χ3n) is 2.60. The Balaban J connectivity index is 2.35. The number of benzene rings is 1. The standard InChI is InChI=1S/C11H14ClN/c12-9-13-8-4-3-6-10-5-1-2-7-11(10)13/h1-2,5,7H,3-4,6,8-9H2. The van der Waals surface area contributed by atoms with Gasteiger partial charge in [-0.05, 0) is 30.9 Å². The SMILES string of the molecule is ClCN1CCCCc2ccccc21. The average Bonchev–Trinajstić information content (AvgIpc) is 2.39. The molecule has 0 saturated heterocycles. The highest BCUT2D eigenvalue weighted by atomic mass is 35.5. The first-order chi connectivity index (χ1) is 6.42. The monoisotopic (exact) mass is 195 g/mol. The van der Waals surface area contributed by atoms with Crippen molar-refractivity contribution in [3.63, 3.8) is 0 Å². The third kappa shape index (κ3) is 1.80. The van der Waals surface area contributed by atoms with Gasteiger partial charge in [-0.3, -0.25) is 0 Å². The van der Waals surface area contributed by atoms with Crippen molar-refractivity contribution in [2.24, 2.45) is 0 Å². The van der Waals surface area contributed by atoms with Crippen LogP contribution < -0.4 is 4.90 Å². The number of hydrogen-bond acceptors (Lipinski definition) is 1. The molecule has 0 atom stereocenters. The second-order valence-corrected chi connectivity index (χ2v) is 3.71. The van der Waals surface area contributed by atoms with Crippen molar-refractivity contribution in [2.75, 3.05) is 17.4 Å². The molecule has 0 spiro atoms. The van der Waals surface area contributed by atoms with Crippen LogP contribution in [0.1, 0.15) is 18.4 Å². The van der Waals surface area contributed by atoms with Gasteiger partial charge in [0.1, 0.15) is 0 Å². The molecule has 0 aliphatic carbocycles. The van der Waals surface area contributed by atoms with Gasteiger partial charge in [0.2, 0.25) is 0 Å². The summed E-state index contributed by atoms with van der Waals surface area (Å²) in [5.74, 6) is 0. The van der Waals surface area contributed by atoms with Crippen molar-refractivity contribution >= 4 is 17.3 Å². The summed E-state index contributed by atoms with van der Waals surface area (Å²) in [5.41, 5.74) is 2.77. The number of nitrogens with zero attached hydrogens (tertiary/aromatic N) is 1. The van der Waals surface area contributed by atoms with Crippen LogP contribution in [0.3, 0.4) is 0 Å². The fraction of sp³-hybridized carbons (Fsp3) is 0.455. The minimum Gasteiger partial charge on any atom is -0.358 e. The molecule has 0 radical (unpaired) electrons. The maximum Gasteiger partial charge on any atom is 0.0928 e. The maximum atomic E-state index is 5.91. The summed E-state index contributed by atoms with van der Waals surface area (Å²) >= 11 is 5.91. The van der Waals surface area contributed by atoms with Crippen molar-refractivity contribution in [3.05, 3.63) is 29.8 Å². The molecule has 2 heteroatoms. The summed E-state index contributed by atoms with van der Waals surface area (Å²) in [6, 6.07) is 9.18. The van der Waals surface area contributed by atoms with E-state index in [-0.39, 0.29) is 0 Å². The van der Waals surface area contributed by atoms with E-state index < -0.39 is 0 Å². The van der Waals surface area contributed by atoms with Crippen molar-refractivity contribution in [1.82, 2.24) is 0 Å². The lowest BCUT2D eigenvalue weighted by atomic mass is 10.1. The second-order valence-electron chi connectivity index (χ2n) is 3.47. The Bertz CT molecular complexity index is 285. The highest BCUT2D eigenvalue weighted by Gasteiger charge is 2.12. The predicted molar refractivity (Wildman–Crippen MR) is 57.4 cm³/mol. The van der Waals surface area contributed by atoms with E-state index in [1.165, 1.54) is 30.5 Å². The number of rotatable bonds is 1. The van der Waals surface area contributed by atoms with Gasteiger partial charge in [0.05, 0.1) is 6.00 Å². The summed E-state index contributed by atoms with van der Waals surface area (Å²) in [5, 5.41) is 0. The van der Waals surface area contributed by atoms with Gasteiger partial charge in [-0.2, -0.15) is 0 Å². The molecule has 0 bridgehead atoms. The molecule has 0 saturated carbocycles. The van der Waals surface area contributed by atoms with E-state index in [4.69, 9.17) is 11.6 Å². The molecule has 0 aromatic heterocycles. The molecule has 1 heterocycles. The normalized spacial score (nSPS) is 16.5. The summed E-state index contributed by atoms with van der Waals surface area (Å²) in [6.45, 7) is 1.10. The molecule has 1 aliphatic rings. The first-order valence-electron chi connectivity index (χ1n) is 4.80. The van der Waals surface area contributed by atoms with Gasteiger partial charge in [-0.1, -0.05) is 18.2 Å². The van der Waals surface area contributed by atoms with Gasteiger partial charge >= 0.3 is 0 Å². The third-order valence-corrected chi connectivity index (χ3v) is 2.89. The minimum absolute atomic E-state index is 0.608. The second kappa shape index (κ2) is 4.01. The molecule has 1 aromatic carbocycles. The Labute approximate surface area is 84.3 Å². The predicted octanol–water partition coefficient (Wildman–Crippen LogP) is 3.03. The molecule has 1 nitrogen and oxygen atoms in total. The number of halogens is 1. The fourth-order valence-electron chi connectivity index (χ4n) is 1.89. The lowest BCUT2D eigenvalue weighted by Crippen LogP contribution is -2.21. The average molecular weight is 196 g/mol. The van der Waals surface area contributed by atoms with Crippen molar-refractivity contribution in [2.45, 2.75) is 19.3 Å². The van der Waals surface area contributed by atoms with Crippen LogP contribution in [0.5, 0.6) is 0 Å². The van der Waals surface area contributed by atoms with Crippen molar-refractivity contribution < 1.29 is 0 Å². The number of anilines is 1. The minimum atomic E-state index is 0.608. The number of aryl methyl sites for hydroxylation is 1. The van der Waals surface area contributed by atoms with Crippen LogP contribution in [0, 0.1) is 0 Å². The smallest absolute Gasteiger partial charge is 0.0928 e. The highest BCUT2D eigenvalue weighted by molar-refractivity contribution is 6.19. The van der Waals surface area contributed by atoms with Crippen LogP contribution in [0.25, 0.3) is 0 Å². The van der Waals surface area contributed by atoms with Crippen LogP contribution in [0.4, 0.5) is 5.69 Å². The van der Waals surface area contributed by atoms with E-state index in [1.54, 1.807) is 0 Å². The Morgan fingerprint density at radius 2 is 2.08 bits per heavy atom. The molecule has 2 rings (SSSR count). The van der Waals surface area contributed by atoms with E-state index in [0.717, 1.165) is 6.54 Å². The maximum absolute atomic E-state index is 5.91. The quantitative estimate of drug-likeness (QED) is 0.492. The van der Waals surface area contributed by atoms with Gasteiger partial charge in [-0.15, -0.1) is 11.6 Å². The molecule has 13 heavy (non-hydrogen) atoms. The van der Waals surface area contributed by atoms with Crippen molar-refractivity contribution in [3.8, 4) is 0 Å². The van der Waals surface area contributed by atoms with Gasteiger partial charge in [-0.25, -0.2) is 0 Å². The highest BCUT2D eigenvalue weighted by Crippen LogP contribution is 2.25. The molecule has 0 fully saturated rings. The van der Waals surface area contributed by atoms with Gasteiger partial charge in [0, 0.05) is 12.2 Å². The van der Waals surface area contributed by atoms with Crippen LogP contribution in [-0.4, -0.2) is 12.5 Å². The first-order valence-corrected chi connectivity index (χ1v) is 5.34. The van der Waals surface area contributed by atoms with E-state index in [1.807, 2.05) is 0 Å². The van der Waals surface area contributed by atoms with Gasteiger partial charge < -0.3 is 4.90 Å². The number of fused-ring (bicyclic) bond motifs is 1. The van der Waals surface area contributed by atoms with Gasteiger partial charge in [0.25, 0.3) is 0 Å². The Morgan fingerprint density at radius 3 is 2.92 bits per heavy atom. The Kier molecular flexibility index (Phi) is 2.74. The largest absolute Gasteiger partial charge is 0.358 e. The first kappa shape index (κ1) is 8.89. The van der Waals surface area contributed by atoms with Crippen LogP contribution in [0.2, 0.25) is 0 Å². The number of hydrogen-bond donors (Lipinski definition) is 0. The van der Waals surface area contributed by atoms with Crippen LogP contribution in [0.15, 0.2) is 24.3 Å². The van der Waals surface area contributed by atoms with E-state index in [2.05, 4.69) is 29.2 Å². The lowest BCUT2D eigenvalue weighted by molar-refractivity contribution is 0.744. The Morgan fingerprint density at radius 1 is 1.23 bits per heavy atom. The molecule has 70 valence electrons. The molecule has 0 N–H and O–H groups in total.